The van der Waals surface area contributed by atoms with Crippen LogP contribution in [0.3, 0.4) is 0 Å². The molecular weight excluding hydrogens is 358 g/mol. The van der Waals surface area contributed by atoms with Gasteiger partial charge in [0.05, 0.1) is 9.93 Å². The summed E-state index contributed by atoms with van der Waals surface area (Å²) in [6, 6.07) is 5.70. The summed E-state index contributed by atoms with van der Waals surface area (Å²) in [5.41, 5.74) is 2.38. The van der Waals surface area contributed by atoms with Crippen molar-refractivity contribution in [1.29, 1.82) is 0 Å². The van der Waals surface area contributed by atoms with Gasteiger partial charge in [-0.05, 0) is 36.2 Å². The molecule has 1 aliphatic rings. The third-order valence-electron chi connectivity index (χ3n) is 3.61. The van der Waals surface area contributed by atoms with Gasteiger partial charge in [0.15, 0.2) is 0 Å². The second-order valence-electron chi connectivity index (χ2n) is 5.20. The summed E-state index contributed by atoms with van der Waals surface area (Å²) in [6.07, 6.45) is 8.73. The third-order valence-corrected chi connectivity index (χ3v) is 5.08. The Bertz CT molecular complexity index is 1030. The van der Waals surface area contributed by atoms with Gasteiger partial charge in [0.2, 0.25) is 0 Å². The van der Waals surface area contributed by atoms with Crippen molar-refractivity contribution in [2.75, 3.05) is 6.26 Å². The maximum atomic E-state index is 11.7. The van der Waals surface area contributed by atoms with Crippen molar-refractivity contribution in [2.24, 2.45) is 0 Å². The molecule has 25 heavy (non-hydrogen) atoms. The zero-order valence-electron chi connectivity index (χ0n) is 13.0. The van der Waals surface area contributed by atoms with Crippen molar-refractivity contribution < 1.29 is 14.0 Å². The Labute approximate surface area is 151 Å². The quantitative estimate of drug-likeness (QED) is 0.553. The molecule has 4 heterocycles. The van der Waals surface area contributed by atoms with E-state index in [0.717, 1.165) is 33.3 Å². The molecule has 2 amide bonds. The van der Waals surface area contributed by atoms with Crippen LogP contribution in [0.4, 0.5) is 4.79 Å². The topological polar surface area (TPSA) is 85.1 Å². The summed E-state index contributed by atoms with van der Waals surface area (Å²) in [4.78, 5) is 31.9. The molecule has 0 aliphatic carbocycles. The van der Waals surface area contributed by atoms with Gasteiger partial charge < -0.3 is 4.42 Å². The number of carbonyl (C=O) groups is 2. The summed E-state index contributed by atoms with van der Waals surface area (Å²) < 4.78 is 5.90. The predicted octanol–water partition coefficient (Wildman–Crippen LogP) is 3.94. The van der Waals surface area contributed by atoms with E-state index < -0.39 is 5.91 Å². The van der Waals surface area contributed by atoms with E-state index in [4.69, 9.17) is 4.42 Å². The molecule has 0 bridgehead atoms. The lowest BCUT2D eigenvalue weighted by molar-refractivity contribution is -0.115. The summed E-state index contributed by atoms with van der Waals surface area (Å²) >= 11 is 2.43. The number of imide groups is 1. The second kappa shape index (κ2) is 6.38. The normalized spacial score (nSPS) is 16.0. The monoisotopic (exact) mass is 369 g/mol. The highest BCUT2D eigenvalue weighted by Crippen LogP contribution is 2.32. The summed E-state index contributed by atoms with van der Waals surface area (Å²) in [6.45, 7) is 0. The Hall–Kier alpha value is -2.58. The zero-order chi connectivity index (χ0) is 17.4. The highest BCUT2D eigenvalue weighted by Gasteiger charge is 2.25. The van der Waals surface area contributed by atoms with Crippen molar-refractivity contribution in [3.8, 4) is 11.1 Å². The molecule has 1 fully saturated rings. The molecule has 0 saturated carbocycles. The number of fused-ring (bicyclic) bond motifs is 1. The maximum Gasteiger partial charge on any atom is 0.290 e. The van der Waals surface area contributed by atoms with Crippen LogP contribution in [0.15, 0.2) is 51.1 Å². The van der Waals surface area contributed by atoms with Crippen molar-refractivity contribution in [1.82, 2.24) is 15.3 Å². The van der Waals surface area contributed by atoms with E-state index in [0.29, 0.717) is 16.2 Å². The number of carbonyl (C=O) groups excluding carboxylic acids is 2. The summed E-state index contributed by atoms with van der Waals surface area (Å²) in [5, 5.41) is 3.59. The molecule has 124 valence electrons. The van der Waals surface area contributed by atoms with Gasteiger partial charge >= 0.3 is 0 Å². The fourth-order valence-corrected chi connectivity index (χ4v) is 3.49. The number of nitrogens with one attached hydrogen (secondary N) is 1. The number of thioether (sulfide) groups is 2. The zero-order valence-corrected chi connectivity index (χ0v) is 14.6. The third kappa shape index (κ3) is 3.06. The molecule has 0 atom stereocenters. The molecule has 0 aromatic carbocycles. The molecule has 6 nitrogen and oxygen atoms in total. The van der Waals surface area contributed by atoms with E-state index >= 15 is 0 Å². The largest absolute Gasteiger partial charge is 0.456 e. The van der Waals surface area contributed by atoms with Crippen LogP contribution in [0.1, 0.15) is 5.76 Å². The number of pyridine rings is 2. The minimum atomic E-state index is -0.411. The number of rotatable bonds is 3. The first-order valence-electron chi connectivity index (χ1n) is 7.27. The summed E-state index contributed by atoms with van der Waals surface area (Å²) in [7, 11) is 0. The molecule has 1 saturated heterocycles. The predicted molar refractivity (Wildman–Crippen MR) is 98.1 cm³/mol. The van der Waals surface area contributed by atoms with Crippen molar-refractivity contribution in [2.45, 2.75) is 5.03 Å². The van der Waals surface area contributed by atoms with Crippen LogP contribution in [0.2, 0.25) is 0 Å². The Morgan fingerprint density at radius 1 is 1.24 bits per heavy atom. The smallest absolute Gasteiger partial charge is 0.290 e. The van der Waals surface area contributed by atoms with E-state index in [-0.39, 0.29) is 5.24 Å². The van der Waals surface area contributed by atoms with Crippen molar-refractivity contribution in [3.05, 3.63) is 47.5 Å². The molecule has 4 rings (SSSR count). The van der Waals surface area contributed by atoms with Crippen LogP contribution >= 0.6 is 23.5 Å². The van der Waals surface area contributed by atoms with E-state index in [1.54, 1.807) is 42.5 Å². The SMILES string of the molecule is CSc1ccc(-c2cncc3cc(/C=C4\SC(=O)NC4=O)oc23)cn1. The van der Waals surface area contributed by atoms with Crippen LogP contribution in [0.5, 0.6) is 0 Å². The number of hydrogen-bond donors (Lipinski definition) is 1. The first-order chi connectivity index (χ1) is 12.1. The average Bonchev–Trinajstić information content (AvgIpc) is 3.17. The standard InChI is InChI=1S/C17H11N3O3S2/c1-24-14-3-2-9(7-19-14)12-8-18-6-10-4-11(23-15(10)12)5-13-16(21)20-17(22)25-13/h2-8H,1H3,(H,20,21,22)/b13-5-. The van der Waals surface area contributed by atoms with Gasteiger partial charge in [-0.3, -0.25) is 19.9 Å². The van der Waals surface area contributed by atoms with Gasteiger partial charge in [0, 0.05) is 41.2 Å². The van der Waals surface area contributed by atoms with Crippen LogP contribution in [0, 0.1) is 0 Å². The molecule has 0 unspecified atom stereocenters. The van der Waals surface area contributed by atoms with Gasteiger partial charge in [0.25, 0.3) is 11.1 Å². The maximum absolute atomic E-state index is 11.7. The fraction of sp³-hybridized carbons (Fsp3) is 0.0588. The van der Waals surface area contributed by atoms with Crippen LogP contribution in [0.25, 0.3) is 28.2 Å². The lowest BCUT2D eigenvalue weighted by atomic mass is 10.1. The molecular formula is C17H11N3O3S2. The van der Waals surface area contributed by atoms with Gasteiger partial charge in [-0.15, -0.1) is 11.8 Å². The second-order valence-corrected chi connectivity index (χ2v) is 7.04. The Morgan fingerprint density at radius 3 is 2.80 bits per heavy atom. The first-order valence-corrected chi connectivity index (χ1v) is 9.31. The fourth-order valence-electron chi connectivity index (χ4n) is 2.47. The molecule has 3 aromatic rings. The van der Waals surface area contributed by atoms with Gasteiger partial charge in [-0.25, -0.2) is 4.98 Å². The number of amides is 2. The van der Waals surface area contributed by atoms with Crippen LogP contribution in [-0.2, 0) is 4.79 Å². The van der Waals surface area contributed by atoms with E-state index in [2.05, 4.69) is 15.3 Å². The molecule has 1 N–H and O–H groups in total. The molecule has 8 heteroatoms. The van der Waals surface area contributed by atoms with Crippen molar-refractivity contribution in [3.63, 3.8) is 0 Å². The summed E-state index contributed by atoms with van der Waals surface area (Å²) in [5.74, 6) is 0.0796. The Balaban J connectivity index is 1.77. The average molecular weight is 369 g/mol. The molecule has 0 radical (unpaired) electrons. The van der Waals surface area contributed by atoms with Gasteiger partial charge in [0.1, 0.15) is 11.3 Å². The van der Waals surface area contributed by atoms with E-state index in [1.807, 2.05) is 18.4 Å². The molecule has 0 spiro atoms. The lowest BCUT2D eigenvalue weighted by Gasteiger charge is -2.02. The van der Waals surface area contributed by atoms with Crippen LogP contribution < -0.4 is 5.32 Å². The number of nitrogens with zero attached hydrogens (tertiary/aromatic N) is 2. The minimum Gasteiger partial charge on any atom is -0.456 e. The Kier molecular flexibility index (Phi) is 4.06. The van der Waals surface area contributed by atoms with E-state index in [9.17, 15) is 9.59 Å². The van der Waals surface area contributed by atoms with E-state index in [1.165, 1.54) is 0 Å². The first kappa shape index (κ1) is 15.9. The number of hydrogen-bond acceptors (Lipinski definition) is 7. The number of furan rings is 1. The highest BCUT2D eigenvalue weighted by molar-refractivity contribution is 8.18. The van der Waals surface area contributed by atoms with Crippen molar-refractivity contribution >= 4 is 51.7 Å². The Morgan fingerprint density at radius 2 is 2.12 bits per heavy atom. The van der Waals surface area contributed by atoms with Gasteiger partial charge in [-0.2, -0.15) is 0 Å². The van der Waals surface area contributed by atoms with Gasteiger partial charge in [-0.1, -0.05) is 0 Å². The number of aromatic nitrogens is 2. The highest BCUT2D eigenvalue weighted by atomic mass is 32.2. The molecule has 1 aliphatic heterocycles. The minimum absolute atomic E-state index is 0.310. The van der Waals surface area contributed by atoms with Crippen LogP contribution in [-0.4, -0.2) is 27.4 Å². The molecule has 3 aromatic heterocycles. The lowest BCUT2D eigenvalue weighted by Crippen LogP contribution is -2.17.